The van der Waals surface area contributed by atoms with Gasteiger partial charge in [0.05, 0.1) is 6.20 Å². The van der Waals surface area contributed by atoms with E-state index >= 15 is 0 Å². The number of amides is 1. The lowest BCUT2D eigenvalue weighted by atomic mass is 10.0. The van der Waals surface area contributed by atoms with E-state index in [2.05, 4.69) is 15.3 Å². The summed E-state index contributed by atoms with van der Waals surface area (Å²) in [6, 6.07) is 0. The summed E-state index contributed by atoms with van der Waals surface area (Å²) >= 11 is 5.53. The van der Waals surface area contributed by atoms with Crippen LogP contribution in [0.2, 0.25) is 5.28 Å². The highest BCUT2D eigenvalue weighted by Gasteiger charge is 2.19. The Morgan fingerprint density at radius 3 is 2.94 bits per heavy atom. The zero-order valence-electron chi connectivity index (χ0n) is 9.25. The van der Waals surface area contributed by atoms with E-state index in [-0.39, 0.29) is 17.0 Å². The molecule has 1 amide bonds. The summed E-state index contributed by atoms with van der Waals surface area (Å²) in [6.07, 6.45) is 5.85. The molecule has 0 aromatic carbocycles. The first-order valence-electron chi connectivity index (χ1n) is 5.63. The van der Waals surface area contributed by atoms with Crippen molar-refractivity contribution in [3.05, 3.63) is 17.3 Å². The molecule has 1 aromatic rings. The normalized spacial score (nSPS) is 16.1. The summed E-state index contributed by atoms with van der Waals surface area (Å²) in [5, 5.41) is 2.35. The van der Waals surface area contributed by atoms with Gasteiger partial charge in [0.25, 0.3) is 0 Å². The molecule has 0 unspecified atom stereocenters. The molecule has 4 nitrogen and oxygen atoms in total. The molecule has 0 atom stereocenters. The number of halogens is 2. The average Bonchev–Trinajstić information content (AvgIpc) is 2.76. The van der Waals surface area contributed by atoms with Crippen LogP contribution in [0.15, 0.2) is 6.20 Å². The number of nitrogens with one attached hydrogen (secondary N) is 1. The number of rotatable bonds is 3. The quantitative estimate of drug-likeness (QED) is 0.847. The predicted molar refractivity (Wildman–Crippen MR) is 62.2 cm³/mol. The standard InChI is InChI=1S/C11H13ClFN3O/c12-11-14-6-8(13)10(16-11)15-9(17)5-7-3-1-2-4-7/h6-7H,1-5H2,(H,14,15,16,17). The van der Waals surface area contributed by atoms with E-state index in [1.165, 1.54) is 12.8 Å². The van der Waals surface area contributed by atoms with Crippen molar-refractivity contribution in [3.8, 4) is 0 Å². The number of nitrogens with zero attached hydrogens (tertiary/aromatic N) is 2. The average molecular weight is 258 g/mol. The van der Waals surface area contributed by atoms with Crippen molar-refractivity contribution in [1.82, 2.24) is 9.97 Å². The molecule has 0 saturated heterocycles. The van der Waals surface area contributed by atoms with Crippen molar-refractivity contribution in [1.29, 1.82) is 0 Å². The van der Waals surface area contributed by atoms with E-state index in [4.69, 9.17) is 11.6 Å². The minimum absolute atomic E-state index is 0.0810. The summed E-state index contributed by atoms with van der Waals surface area (Å²) in [6.45, 7) is 0. The molecule has 1 aliphatic carbocycles. The van der Waals surface area contributed by atoms with Crippen LogP contribution in [0, 0.1) is 11.7 Å². The zero-order chi connectivity index (χ0) is 12.3. The highest BCUT2D eigenvalue weighted by atomic mass is 35.5. The fourth-order valence-electron chi connectivity index (χ4n) is 2.09. The Bertz CT molecular complexity index is 421. The molecule has 0 spiro atoms. The Morgan fingerprint density at radius 1 is 1.53 bits per heavy atom. The third-order valence-corrected chi connectivity index (χ3v) is 3.10. The third-order valence-electron chi connectivity index (χ3n) is 2.92. The molecule has 17 heavy (non-hydrogen) atoms. The molecular formula is C11H13ClFN3O. The molecule has 1 N–H and O–H groups in total. The smallest absolute Gasteiger partial charge is 0.225 e. The Kier molecular flexibility index (Phi) is 3.89. The van der Waals surface area contributed by atoms with Gasteiger partial charge in [-0.15, -0.1) is 0 Å². The van der Waals surface area contributed by atoms with Gasteiger partial charge in [-0.3, -0.25) is 4.79 Å². The van der Waals surface area contributed by atoms with Crippen molar-refractivity contribution < 1.29 is 9.18 Å². The SMILES string of the molecule is O=C(CC1CCCC1)Nc1nc(Cl)ncc1F. The van der Waals surface area contributed by atoms with Gasteiger partial charge in [0.2, 0.25) is 11.2 Å². The van der Waals surface area contributed by atoms with E-state index in [1.54, 1.807) is 0 Å². The van der Waals surface area contributed by atoms with Gasteiger partial charge in [-0.25, -0.2) is 9.37 Å². The van der Waals surface area contributed by atoms with Gasteiger partial charge in [-0.1, -0.05) is 12.8 Å². The lowest BCUT2D eigenvalue weighted by Gasteiger charge is -2.09. The van der Waals surface area contributed by atoms with E-state index in [1.807, 2.05) is 0 Å². The van der Waals surface area contributed by atoms with E-state index in [0.29, 0.717) is 12.3 Å². The minimum atomic E-state index is -0.672. The maximum atomic E-state index is 13.2. The molecule has 0 radical (unpaired) electrons. The van der Waals surface area contributed by atoms with Crippen molar-refractivity contribution in [3.63, 3.8) is 0 Å². The molecule has 2 rings (SSSR count). The number of anilines is 1. The van der Waals surface area contributed by atoms with Gasteiger partial charge < -0.3 is 5.32 Å². The van der Waals surface area contributed by atoms with Gasteiger partial charge in [-0.05, 0) is 30.4 Å². The molecule has 6 heteroatoms. The van der Waals surface area contributed by atoms with Crippen molar-refractivity contribution in [2.24, 2.45) is 5.92 Å². The first-order chi connectivity index (χ1) is 8.15. The summed E-state index contributed by atoms with van der Waals surface area (Å²) in [5.74, 6) is -0.622. The number of hydrogen-bond acceptors (Lipinski definition) is 3. The van der Waals surface area contributed by atoms with E-state index in [9.17, 15) is 9.18 Å². The second-order valence-electron chi connectivity index (χ2n) is 4.24. The third kappa shape index (κ3) is 3.36. The van der Waals surface area contributed by atoms with Crippen LogP contribution in [-0.2, 0) is 4.79 Å². The van der Waals surface area contributed by atoms with Gasteiger partial charge in [-0.2, -0.15) is 4.98 Å². The Morgan fingerprint density at radius 2 is 2.24 bits per heavy atom. The van der Waals surface area contributed by atoms with Gasteiger partial charge in [0.1, 0.15) is 0 Å². The number of carbonyl (C=O) groups is 1. The largest absolute Gasteiger partial charge is 0.308 e. The first-order valence-corrected chi connectivity index (χ1v) is 6.01. The number of aromatic nitrogens is 2. The van der Waals surface area contributed by atoms with Crippen LogP contribution >= 0.6 is 11.6 Å². The Labute approximate surface area is 104 Å². The molecule has 1 saturated carbocycles. The van der Waals surface area contributed by atoms with Crippen LogP contribution in [0.3, 0.4) is 0 Å². The lowest BCUT2D eigenvalue weighted by molar-refractivity contribution is -0.117. The number of hydrogen-bond donors (Lipinski definition) is 1. The molecule has 1 heterocycles. The number of carbonyl (C=O) groups excluding carboxylic acids is 1. The molecule has 92 valence electrons. The maximum absolute atomic E-state index is 13.2. The van der Waals surface area contributed by atoms with Crippen LogP contribution in [-0.4, -0.2) is 15.9 Å². The highest BCUT2D eigenvalue weighted by molar-refractivity contribution is 6.28. The van der Waals surface area contributed by atoms with Crippen LogP contribution in [0.1, 0.15) is 32.1 Å². The Balaban J connectivity index is 1.95. The summed E-state index contributed by atoms with van der Waals surface area (Å²) in [5.41, 5.74) is 0. The van der Waals surface area contributed by atoms with Gasteiger partial charge in [0, 0.05) is 6.42 Å². The van der Waals surface area contributed by atoms with Crippen LogP contribution < -0.4 is 5.32 Å². The van der Waals surface area contributed by atoms with Gasteiger partial charge >= 0.3 is 0 Å². The van der Waals surface area contributed by atoms with Gasteiger partial charge in [0.15, 0.2) is 11.6 Å². The molecule has 1 aromatic heterocycles. The zero-order valence-corrected chi connectivity index (χ0v) is 10.0. The molecule has 0 aliphatic heterocycles. The fourth-order valence-corrected chi connectivity index (χ4v) is 2.23. The highest BCUT2D eigenvalue weighted by Crippen LogP contribution is 2.27. The van der Waals surface area contributed by atoms with Crippen molar-refractivity contribution in [2.75, 3.05) is 5.32 Å². The first kappa shape index (κ1) is 12.2. The summed E-state index contributed by atoms with van der Waals surface area (Å²) in [7, 11) is 0. The molecular weight excluding hydrogens is 245 g/mol. The predicted octanol–water partition coefficient (Wildman–Crippen LogP) is 2.79. The fraction of sp³-hybridized carbons (Fsp3) is 0.545. The van der Waals surface area contributed by atoms with E-state index in [0.717, 1.165) is 19.0 Å². The Hall–Kier alpha value is -1.23. The van der Waals surface area contributed by atoms with Crippen LogP contribution in [0.5, 0.6) is 0 Å². The maximum Gasteiger partial charge on any atom is 0.225 e. The van der Waals surface area contributed by atoms with Crippen molar-refractivity contribution in [2.45, 2.75) is 32.1 Å². The van der Waals surface area contributed by atoms with E-state index < -0.39 is 5.82 Å². The van der Waals surface area contributed by atoms with Crippen LogP contribution in [0.25, 0.3) is 0 Å². The second-order valence-corrected chi connectivity index (χ2v) is 4.58. The van der Waals surface area contributed by atoms with Crippen molar-refractivity contribution >= 4 is 23.3 Å². The molecule has 1 aliphatic rings. The second kappa shape index (κ2) is 5.40. The monoisotopic (exact) mass is 257 g/mol. The summed E-state index contributed by atoms with van der Waals surface area (Å²) < 4.78 is 13.2. The van der Waals surface area contributed by atoms with Crippen LogP contribution in [0.4, 0.5) is 10.2 Å². The molecule has 1 fully saturated rings. The minimum Gasteiger partial charge on any atom is -0.308 e. The topological polar surface area (TPSA) is 54.9 Å². The molecule has 0 bridgehead atoms. The lowest BCUT2D eigenvalue weighted by Crippen LogP contribution is -2.17. The summed E-state index contributed by atoms with van der Waals surface area (Å²) in [4.78, 5) is 18.8.